The lowest BCUT2D eigenvalue weighted by atomic mass is 10.1. The van der Waals surface area contributed by atoms with E-state index in [1.807, 2.05) is 20.8 Å². The molecule has 5 nitrogen and oxygen atoms in total. The van der Waals surface area contributed by atoms with Crippen molar-refractivity contribution in [3.8, 4) is 0 Å². The van der Waals surface area contributed by atoms with E-state index in [4.69, 9.17) is 4.52 Å². The molecule has 0 spiro atoms. The predicted octanol–water partition coefficient (Wildman–Crippen LogP) is 2.55. The minimum atomic E-state index is -3.43. The molecule has 0 amide bonds. The Morgan fingerprint density at radius 3 is 2.45 bits per heavy atom. The molecule has 6 heteroatoms. The van der Waals surface area contributed by atoms with Crippen LogP contribution in [0.1, 0.15) is 31.1 Å². The molecule has 0 saturated carbocycles. The average Bonchev–Trinajstić information content (AvgIpc) is 2.75. The summed E-state index contributed by atoms with van der Waals surface area (Å²) in [5, 5.41) is 3.73. The van der Waals surface area contributed by atoms with Gasteiger partial charge in [0.2, 0.25) is 5.89 Å². The van der Waals surface area contributed by atoms with Gasteiger partial charge >= 0.3 is 0 Å². The van der Waals surface area contributed by atoms with Gasteiger partial charge in [0.1, 0.15) is 5.75 Å². The van der Waals surface area contributed by atoms with Crippen molar-refractivity contribution in [1.29, 1.82) is 0 Å². The van der Waals surface area contributed by atoms with Crippen molar-refractivity contribution >= 4 is 9.84 Å². The molecule has 0 fully saturated rings. The molecule has 0 aliphatic rings. The van der Waals surface area contributed by atoms with Crippen LogP contribution in [0, 0.1) is 12.8 Å². The minimum Gasteiger partial charge on any atom is -0.339 e. The van der Waals surface area contributed by atoms with Crippen LogP contribution in [0.15, 0.2) is 33.7 Å². The van der Waals surface area contributed by atoms with Gasteiger partial charge in [-0.15, -0.1) is 0 Å². The molecule has 2 rings (SSSR count). The van der Waals surface area contributed by atoms with Crippen molar-refractivity contribution in [3.63, 3.8) is 0 Å². The van der Waals surface area contributed by atoms with Gasteiger partial charge in [0.15, 0.2) is 15.7 Å². The van der Waals surface area contributed by atoms with Gasteiger partial charge in [0, 0.05) is 6.42 Å². The van der Waals surface area contributed by atoms with Gasteiger partial charge in [-0.25, -0.2) is 8.42 Å². The van der Waals surface area contributed by atoms with E-state index in [1.54, 1.807) is 24.3 Å². The standard InChI is InChI=1S/C14H18N2O3S/c1-10(2)8-14-15-13(16-19-14)9-20(17,18)12-6-4-11(3)5-7-12/h4-7,10H,8-9H2,1-3H3. The van der Waals surface area contributed by atoms with E-state index >= 15 is 0 Å². The zero-order valence-electron chi connectivity index (χ0n) is 11.8. The Balaban J connectivity index is 2.16. The molecule has 1 heterocycles. The van der Waals surface area contributed by atoms with Gasteiger partial charge in [0.25, 0.3) is 0 Å². The van der Waals surface area contributed by atoms with Gasteiger partial charge in [-0.1, -0.05) is 36.7 Å². The van der Waals surface area contributed by atoms with Gasteiger partial charge in [-0.3, -0.25) is 0 Å². The fraction of sp³-hybridized carbons (Fsp3) is 0.429. The summed E-state index contributed by atoms with van der Waals surface area (Å²) >= 11 is 0. The monoisotopic (exact) mass is 294 g/mol. The molecule has 0 radical (unpaired) electrons. The molecule has 1 aromatic carbocycles. The highest BCUT2D eigenvalue weighted by molar-refractivity contribution is 7.90. The lowest BCUT2D eigenvalue weighted by molar-refractivity contribution is 0.359. The largest absolute Gasteiger partial charge is 0.339 e. The van der Waals surface area contributed by atoms with Crippen LogP contribution in [-0.2, 0) is 22.0 Å². The Bertz CT molecular complexity index is 673. The smallest absolute Gasteiger partial charge is 0.226 e. The Labute approximate surface area is 118 Å². The van der Waals surface area contributed by atoms with E-state index in [0.29, 0.717) is 18.2 Å². The molecule has 0 saturated heterocycles. The van der Waals surface area contributed by atoms with Crippen LogP contribution in [-0.4, -0.2) is 18.6 Å². The second-order valence-corrected chi connectivity index (χ2v) is 7.26. The molecule has 0 aliphatic carbocycles. The van der Waals surface area contributed by atoms with Crippen molar-refractivity contribution in [2.24, 2.45) is 5.92 Å². The second kappa shape index (κ2) is 5.75. The van der Waals surface area contributed by atoms with Crippen LogP contribution in [0.2, 0.25) is 0 Å². The zero-order chi connectivity index (χ0) is 14.8. The molecule has 0 bridgehead atoms. The summed E-state index contributed by atoms with van der Waals surface area (Å²) in [7, 11) is -3.43. The summed E-state index contributed by atoms with van der Waals surface area (Å²) in [4.78, 5) is 4.40. The summed E-state index contributed by atoms with van der Waals surface area (Å²) in [6.45, 7) is 5.98. The Morgan fingerprint density at radius 1 is 1.20 bits per heavy atom. The summed E-state index contributed by atoms with van der Waals surface area (Å²) in [5.74, 6) is 0.838. The van der Waals surface area contributed by atoms with Crippen LogP contribution in [0.5, 0.6) is 0 Å². The average molecular weight is 294 g/mol. The summed E-state index contributed by atoms with van der Waals surface area (Å²) in [5.41, 5.74) is 1.02. The maximum absolute atomic E-state index is 12.2. The van der Waals surface area contributed by atoms with E-state index in [-0.39, 0.29) is 16.5 Å². The van der Waals surface area contributed by atoms with Crippen molar-refractivity contribution in [1.82, 2.24) is 10.1 Å². The van der Waals surface area contributed by atoms with E-state index in [1.165, 1.54) is 0 Å². The predicted molar refractivity (Wildman–Crippen MR) is 74.9 cm³/mol. The van der Waals surface area contributed by atoms with Crippen LogP contribution < -0.4 is 0 Å². The highest BCUT2D eigenvalue weighted by atomic mass is 32.2. The van der Waals surface area contributed by atoms with Crippen LogP contribution in [0.3, 0.4) is 0 Å². The van der Waals surface area contributed by atoms with Gasteiger partial charge < -0.3 is 4.52 Å². The normalized spacial score (nSPS) is 12.0. The Kier molecular flexibility index (Phi) is 4.23. The number of hydrogen-bond acceptors (Lipinski definition) is 5. The molecule has 20 heavy (non-hydrogen) atoms. The molecule has 0 aliphatic heterocycles. The van der Waals surface area contributed by atoms with E-state index in [0.717, 1.165) is 5.56 Å². The first kappa shape index (κ1) is 14.7. The molecule has 2 aromatic rings. The molecule has 0 unspecified atom stereocenters. The van der Waals surface area contributed by atoms with Crippen molar-refractivity contribution in [2.45, 2.75) is 37.8 Å². The lowest BCUT2D eigenvalue weighted by Gasteiger charge is -2.01. The van der Waals surface area contributed by atoms with Crippen molar-refractivity contribution in [2.75, 3.05) is 0 Å². The molecular weight excluding hydrogens is 276 g/mol. The number of benzene rings is 1. The number of sulfone groups is 1. The third-order valence-electron chi connectivity index (χ3n) is 2.79. The topological polar surface area (TPSA) is 73.1 Å². The summed E-state index contributed by atoms with van der Waals surface area (Å²) in [6.07, 6.45) is 0.650. The van der Waals surface area contributed by atoms with Crippen molar-refractivity contribution in [3.05, 3.63) is 41.5 Å². The second-order valence-electron chi connectivity index (χ2n) is 5.27. The molecule has 0 N–H and O–H groups in total. The quantitative estimate of drug-likeness (QED) is 0.847. The van der Waals surface area contributed by atoms with E-state index in [9.17, 15) is 8.42 Å². The van der Waals surface area contributed by atoms with E-state index in [2.05, 4.69) is 10.1 Å². The van der Waals surface area contributed by atoms with Crippen molar-refractivity contribution < 1.29 is 12.9 Å². The zero-order valence-corrected chi connectivity index (χ0v) is 12.6. The SMILES string of the molecule is Cc1ccc(S(=O)(=O)Cc2noc(CC(C)C)n2)cc1. The van der Waals surface area contributed by atoms with Crippen LogP contribution >= 0.6 is 0 Å². The van der Waals surface area contributed by atoms with Crippen LogP contribution in [0.25, 0.3) is 0 Å². The molecule has 108 valence electrons. The summed E-state index contributed by atoms with van der Waals surface area (Å²) < 4.78 is 29.5. The number of aryl methyl sites for hydroxylation is 1. The first-order valence-electron chi connectivity index (χ1n) is 6.48. The maximum Gasteiger partial charge on any atom is 0.226 e. The van der Waals surface area contributed by atoms with Crippen LogP contribution in [0.4, 0.5) is 0 Å². The van der Waals surface area contributed by atoms with Gasteiger partial charge in [-0.2, -0.15) is 4.98 Å². The Morgan fingerprint density at radius 2 is 1.85 bits per heavy atom. The third kappa shape index (κ3) is 3.66. The highest BCUT2D eigenvalue weighted by Crippen LogP contribution is 2.16. The molecule has 0 atom stereocenters. The Hall–Kier alpha value is -1.69. The molecule has 1 aromatic heterocycles. The maximum atomic E-state index is 12.2. The number of nitrogens with zero attached hydrogens (tertiary/aromatic N) is 2. The first-order chi connectivity index (χ1) is 9.37. The molecular formula is C14H18N2O3S. The highest BCUT2D eigenvalue weighted by Gasteiger charge is 2.19. The number of aromatic nitrogens is 2. The summed E-state index contributed by atoms with van der Waals surface area (Å²) in [6, 6.07) is 6.74. The fourth-order valence-corrected chi connectivity index (χ4v) is 2.95. The van der Waals surface area contributed by atoms with Gasteiger partial charge in [0.05, 0.1) is 4.90 Å². The van der Waals surface area contributed by atoms with E-state index < -0.39 is 9.84 Å². The lowest BCUT2D eigenvalue weighted by Crippen LogP contribution is -2.06. The number of rotatable bonds is 5. The first-order valence-corrected chi connectivity index (χ1v) is 8.13. The minimum absolute atomic E-state index is 0.209. The van der Waals surface area contributed by atoms with Gasteiger partial charge in [-0.05, 0) is 25.0 Å². The third-order valence-corrected chi connectivity index (χ3v) is 4.42. The fourth-order valence-electron chi connectivity index (χ4n) is 1.78. The number of hydrogen-bond donors (Lipinski definition) is 0.